The molecule has 2 N–H and O–H groups in total. The molecule has 5 heteroatoms. The van der Waals surface area contributed by atoms with Gasteiger partial charge in [0.05, 0.1) is 11.0 Å². The third-order valence-electron chi connectivity index (χ3n) is 3.21. The van der Waals surface area contributed by atoms with E-state index in [-0.39, 0.29) is 4.90 Å². The molecule has 0 fully saturated rings. The topological polar surface area (TPSA) is 66.4 Å². The molecule has 0 aliphatic carbocycles. The van der Waals surface area contributed by atoms with E-state index in [4.69, 9.17) is 0 Å². The fourth-order valence-electron chi connectivity index (χ4n) is 2.02. The molecule has 0 saturated carbocycles. The van der Waals surface area contributed by atoms with Crippen LogP contribution < -0.4 is 5.32 Å². The quantitative estimate of drug-likeness (QED) is 0.891. The van der Waals surface area contributed by atoms with Gasteiger partial charge in [0.15, 0.2) is 9.84 Å². The fourth-order valence-corrected chi connectivity index (χ4v) is 2.66. The molecule has 112 valence electrons. The fraction of sp³-hybridized carbons (Fsp3) is 0.250. The molecule has 2 rings (SSSR count). The number of hydrogen-bond donors (Lipinski definition) is 2. The number of sulfone groups is 1. The van der Waals surface area contributed by atoms with Gasteiger partial charge in [-0.3, -0.25) is 0 Å². The van der Waals surface area contributed by atoms with Crippen molar-refractivity contribution in [2.45, 2.75) is 17.9 Å². The Hall–Kier alpha value is -1.85. The molecule has 1 unspecified atom stereocenters. The molecule has 0 spiro atoms. The molecule has 0 bridgehead atoms. The van der Waals surface area contributed by atoms with Gasteiger partial charge in [0.1, 0.15) is 0 Å². The highest BCUT2D eigenvalue weighted by atomic mass is 32.2. The van der Waals surface area contributed by atoms with Crippen molar-refractivity contribution in [3.05, 3.63) is 59.7 Å². The average molecular weight is 305 g/mol. The van der Waals surface area contributed by atoms with Crippen LogP contribution in [0.4, 0.5) is 5.69 Å². The maximum atomic E-state index is 11.4. The van der Waals surface area contributed by atoms with Crippen molar-refractivity contribution >= 4 is 15.5 Å². The van der Waals surface area contributed by atoms with E-state index in [1.807, 2.05) is 31.2 Å². The van der Waals surface area contributed by atoms with Crippen LogP contribution in [0, 0.1) is 6.92 Å². The van der Waals surface area contributed by atoms with Crippen molar-refractivity contribution < 1.29 is 13.5 Å². The van der Waals surface area contributed by atoms with Crippen molar-refractivity contribution in [1.29, 1.82) is 0 Å². The number of anilines is 1. The Morgan fingerprint density at radius 1 is 1.14 bits per heavy atom. The normalized spacial score (nSPS) is 12.9. The number of rotatable bonds is 5. The van der Waals surface area contributed by atoms with Crippen molar-refractivity contribution in [1.82, 2.24) is 0 Å². The minimum Gasteiger partial charge on any atom is -0.387 e. The highest BCUT2D eigenvalue weighted by Crippen LogP contribution is 2.18. The molecule has 2 aromatic rings. The molecule has 0 heterocycles. The molecule has 0 radical (unpaired) electrons. The Morgan fingerprint density at radius 2 is 1.81 bits per heavy atom. The minimum atomic E-state index is -3.20. The van der Waals surface area contributed by atoms with Gasteiger partial charge in [-0.2, -0.15) is 0 Å². The monoisotopic (exact) mass is 305 g/mol. The first-order valence-corrected chi connectivity index (χ1v) is 8.54. The van der Waals surface area contributed by atoms with Gasteiger partial charge in [-0.05, 0) is 42.3 Å². The molecular formula is C16H19NO3S. The Kier molecular flexibility index (Phi) is 4.65. The van der Waals surface area contributed by atoms with Gasteiger partial charge in [0, 0.05) is 18.5 Å². The van der Waals surface area contributed by atoms with Crippen LogP contribution in [0.1, 0.15) is 17.2 Å². The van der Waals surface area contributed by atoms with Gasteiger partial charge in [0.2, 0.25) is 0 Å². The standard InChI is InChI=1S/C16H19NO3S/c1-12-4-3-5-14(10-12)17-11-16(18)13-6-8-15(9-7-13)21(2,19)20/h3-10,16-18H,11H2,1-2H3. The van der Waals surface area contributed by atoms with Crippen LogP contribution in [0.25, 0.3) is 0 Å². The highest BCUT2D eigenvalue weighted by molar-refractivity contribution is 7.90. The SMILES string of the molecule is Cc1cccc(NCC(O)c2ccc(S(C)(=O)=O)cc2)c1. The molecule has 4 nitrogen and oxygen atoms in total. The summed E-state index contributed by atoms with van der Waals surface area (Å²) in [5, 5.41) is 13.3. The molecule has 0 saturated heterocycles. The largest absolute Gasteiger partial charge is 0.387 e. The third kappa shape index (κ3) is 4.31. The van der Waals surface area contributed by atoms with Crippen LogP contribution >= 0.6 is 0 Å². The Balaban J connectivity index is 2.02. The third-order valence-corrected chi connectivity index (χ3v) is 4.34. The summed E-state index contributed by atoms with van der Waals surface area (Å²) in [7, 11) is -3.20. The summed E-state index contributed by atoms with van der Waals surface area (Å²) in [5.74, 6) is 0. The van der Waals surface area contributed by atoms with Crippen molar-refractivity contribution in [2.24, 2.45) is 0 Å². The van der Waals surface area contributed by atoms with E-state index in [9.17, 15) is 13.5 Å². The molecular weight excluding hydrogens is 286 g/mol. The van der Waals surface area contributed by atoms with Crippen LogP contribution in [0.15, 0.2) is 53.4 Å². The Morgan fingerprint density at radius 3 is 2.38 bits per heavy atom. The average Bonchev–Trinajstić information content (AvgIpc) is 2.44. The number of aliphatic hydroxyl groups is 1. The molecule has 0 aromatic heterocycles. The van der Waals surface area contributed by atoms with Gasteiger partial charge < -0.3 is 10.4 Å². The smallest absolute Gasteiger partial charge is 0.175 e. The lowest BCUT2D eigenvalue weighted by Gasteiger charge is -2.14. The zero-order valence-corrected chi connectivity index (χ0v) is 12.9. The molecule has 2 aromatic carbocycles. The van der Waals surface area contributed by atoms with E-state index in [0.29, 0.717) is 12.1 Å². The lowest BCUT2D eigenvalue weighted by Crippen LogP contribution is -2.12. The summed E-state index contributed by atoms with van der Waals surface area (Å²) in [4.78, 5) is 0.255. The van der Waals surface area contributed by atoms with Crippen molar-refractivity contribution in [3.8, 4) is 0 Å². The number of hydrogen-bond acceptors (Lipinski definition) is 4. The summed E-state index contributed by atoms with van der Waals surface area (Å²) in [6.45, 7) is 2.37. The second kappa shape index (κ2) is 6.28. The van der Waals surface area contributed by atoms with Crippen LogP contribution in [0.2, 0.25) is 0 Å². The minimum absolute atomic E-state index is 0.255. The lowest BCUT2D eigenvalue weighted by molar-refractivity contribution is 0.191. The first-order chi connectivity index (χ1) is 9.86. The maximum absolute atomic E-state index is 11.4. The summed E-state index contributed by atoms with van der Waals surface area (Å²) in [5.41, 5.74) is 2.77. The second-order valence-electron chi connectivity index (χ2n) is 5.11. The van der Waals surface area contributed by atoms with E-state index in [1.54, 1.807) is 12.1 Å². The molecule has 0 aliphatic heterocycles. The molecule has 21 heavy (non-hydrogen) atoms. The van der Waals surface area contributed by atoms with E-state index in [0.717, 1.165) is 17.5 Å². The zero-order chi connectivity index (χ0) is 15.5. The van der Waals surface area contributed by atoms with Crippen molar-refractivity contribution in [2.75, 3.05) is 18.1 Å². The zero-order valence-electron chi connectivity index (χ0n) is 12.1. The van der Waals surface area contributed by atoms with Crippen LogP contribution in [-0.4, -0.2) is 26.3 Å². The van der Waals surface area contributed by atoms with Crippen LogP contribution in [0.5, 0.6) is 0 Å². The van der Waals surface area contributed by atoms with Gasteiger partial charge in [-0.25, -0.2) is 8.42 Å². The van der Waals surface area contributed by atoms with E-state index in [1.165, 1.54) is 12.1 Å². The molecule has 0 amide bonds. The second-order valence-corrected chi connectivity index (χ2v) is 7.12. The molecule has 0 aliphatic rings. The summed E-state index contributed by atoms with van der Waals surface area (Å²) in [6.07, 6.45) is 0.469. The summed E-state index contributed by atoms with van der Waals surface area (Å²) < 4.78 is 22.8. The first kappa shape index (κ1) is 15.5. The Labute approximate surface area is 125 Å². The van der Waals surface area contributed by atoms with Gasteiger partial charge in [-0.15, -0.1) is 0 Å². The number of aliphatic hydroxyl groups excluding tert-OH is 1. The van der Waals surface area contributed by atoms with Crippen LogP contribution in [0.3, 0.4) is 0 Å². The molecule has 1 atom stereocenters. The lowest BCUT2D eigenvalue weighted by atomic mass is 10.1. The maximum Gasteiger partial charge on any atom is 0.175 e. The van der Waals surface area contributed by atoms with Gasteiger partial charge >= 0.3 is 0 Å². The number of aryl methyl sites for hydroxylation is 1. The van der Waals surface area contributed by atoms with Crippen LogP contribution in [-0.2, 0) is 9.84 Å². The number of benzene rings is 2. The van der Waals surface area contributed by atoms with E-state index >= 15 is 0 Å². The van der Waals surface area contributed by atoms with Crippen molar-refractivity contribution in [3.63, 3.8) is 0 Å². The van der Waals surface area contributed by atoms with Gasteiger partial charge in [0.25, 0.3) is 0 Å². The Bertz CT molecular complexity index is 709. The van der Waals surface area contributed by atoms with E-state index < -0.39 is 15.9 Å². The highest BCUT2D eigenvalue weighted by Gasteiger charge is 2.10. The van der Waals surface area contributed by atoms with E-state index in [2.05, 4.69) is 5.32 Å². The van der Waals surface area contributed by atoms with Gasteiger partial charge in [-0.1, -0.05) is 24.3 Å². The first-order valence-electron chi connectivity index (χ1n) is 6.65. The predicted molar refractivity (Wildman–Crippen MR) is 84.2 cm³/mol. The predicted octanol–water partition coefficient (Wildman–Crippen LogP) is 2.54. The summed E-state index contributed by atoms with van der Waals surface area (Å²) >= 11 is 0. The number of nitrogens with one attached hydrogen (secondary N) is 1. The summed E-state index contributed by atoms with van der Waals surface area (Å²) in [6, 6.07) is 14.2.